The zero-order valence-corrected chi connectivity index (χ0v) is 22.1. The van der Waals surface area contributed by atoms with Crippen molar-refractivity contribution in [2.75, 3.05) is 20.2 Å². The molecule has 0 radical (unpaired) electrons. The number of likely N-dealkylation sites (N-methyl/N-ethyl adjacent to an activating group) is 1. The largest absolute Gasteiger partial charge is 0.504 e. The lowest BCUT2D eigenvalue weighted by Crippen LogP contribution is -2.78. The van der Waals surface area contributed by atoms with E-state index in [4.69, 9.17) is 9.47 Å². The normalized spacial score (nSPS) is 30.6. The lowest BCUT2D eigenvalue weighted by atomic mass is 9.45. The van der Waals surface area contributed by atoms with Crippen LogP contribution in [0, 0.1) is 0 Å². The Morgan fingerprint density at radius 3 is 2.76 bits per heavy atom. The van der Waals surface area contributed by atoms with E-state index in [-0.39, 0.29) is 17.2 Å². The number of aromatic amines is 1. The number of rotatable bonds is 5. The summed E-state index contributed by atoms with van der Waals surface area (Å²) < 4.78 is 14.4. The molecule has 3 heterocycles. The lowest BCUT2D eigenvalue weighted by molar-refractivity contribution is -0.223. The van der Waals surface area contributed by atoms with Crippen LogP contribution >= 0.6 is 0 Å². The van der Waals surface area contributed by atoms with Crippen molar-refractivity contribution in [1.82, 2.24) is 9.88 Å². The van der Waals surface area contributed by atoms with Gasteiger partial charge < -0.3 is 24.5 Å². The second kappa shape index (κ2) is 7.64. The summed E-state index contributed by atoms with van der Waals surface area (Å²) >= 11 is 0. The van der Waals surface area contributed by atoms with Crippen LogP contribution in [0.4, 0.5) is 0 Å². The number of piperidine rings is 1. The van der Waals surface area contributed by atoms with E-state index in [0.29, 0.717) is 12.4 Å². The van der Waals surface area contributed by atoms with Crippen molar-refractivity contribution in [3.05, 3.63) is 94.7 Å². The number of nitrogens with zero attached hydrogens (tertiary/aromatic N) is 1. The van der Waals surface area contributed by atoms with Gasteiger partial charge in [-0.05, 0) is 75.0 Å². The number of aromatic nitrogens is 1. The molecule has 1 aromatic heterocycles. The minimum atomic E-state index is -0.672. The number of H-pyrrole nitrogens is 1. The van der Waals surface area contributed by atoms with Crippen LogP contribution in [0.25, 0.3) is 10.9 Å². The molecule has 0 saturated carbocycles. The number of phenolic OH excluding ortho intramolecular Hbond substituents is 1. The number of benzene rings is 3. The van der Waals surface area contributed by atoms with Crippen LogP contribution in [0.5, 0.6) is 11.5 Å². The van der Waals surface area contributed by atoms with Crippen molar-refractivity contribution in [2.24, 2.45) is 0 Å². The van der Waals surface area contributed by atoms with Gasteiger partial charge in [0.05, 0.1) is 11.1 Å². The first-order chi connectivity index (χ1) is 18.5. The number of nitrogens with one attached hydrogen (secondary N) is 1. The summed E-state index contributed by atoms with van der Waals surface area (Å²) in [7, 11) is 2.26. The van der Waals surface area contributed by atoms with Crippen LogP contribution in [0.3, 0.4) is 0 Å². The Balaban J connectivity index is 1.33. The number of likely N-dealkylation sites (tertiary alicyclic amines) is 1. The van der Waals surface area contributed by atoms with Gasteiger partial charge in [-0.25, -0.2) is 0 Å². The summed E-state index contributed by atoms with van der Waals surface area (Å²) in [4.78, 5) is 6.31. The van der Waals surface area contributed by atoms with E-state index in [2.05, 4.69) is 84.5 Å². The quantitative estimate of drug-likeness (QED) is 0.345. The third-order valence-electron chi connectivity index (χ3n) is 10.4. The van der Waals surface area contributed by atoms with Gasteiger partial charge in [-0.3, -0.25) is 0 Å². The average Bonchev–Trinajstić information content (AvgIpc) is 3.44. The molecule has 4 aliphatic rings. The van der Waals surface area contributed by atoms with Crippen LogP contribution in [0.15, 0.2) is 66.7 Å². The highest BCUT2D eigenvalue weighted by Gasteiger charge is 2.78. The summed E-state index contributed by atoms with van der Waals surface area (Å²) in [5.41, 5.74) is 5.90. The minimum absolute atomic E-state index is 0.223. The molecule has 38 heavy (non-hydrogen) atoms. The van der Waals surface area contributed by atoms with Crippen LogP contribution < -0.4 is 4.74 Å². The molecule has 8 rings (SSSR count). The number of aromatic hydroxyl groups is 1. The lowest BCUT2D eigenvalue weighted by Gasteiger charge is -2.66. The summed E-state index contributed by atoms with van der Waals surface area (Å²) in [5.74, 6) is 0.901. The molecule has 2 aliphatic carbocycles. The maximum Gasteiger partial charge on any atom is 0.166 e. The van der Waals surface area contributed by atoms with Crippen molar-refractivity contribution in [3.63, 3.8) is 0 Å². The Hall–Kier alpha value is -3.28. The molecule has 2 bridgehead atoms. The van der Waals surface area contributed by atoms with Crippen LogP contribution in [-0.2, 0) is 35.0 Å². The molecule has 3 aromatic carbocycles. The van der Waals surface area contributed by atoms with Crippen LogP contribution in [0.1, 0.15) is 47.7 Å². The molecular formula is C33H34N2O3. The highest BCUT2D eigenvalue weighted by molar-refractivity contribution is 5.86. The van der Waals surface area contributed by atoms with Crippen molar-refractivity contribution in [1.29, 1.82) is 0 Å². The van der Waals surface area contributed by atoms with Crippen molar-refractivity contribution in [3.8, 4) is 11.5 Å². The molecule has 4 atom stereocenters. The Labute approximate surface area is 223 Å². The molecule has 1 spiro atoms. The Bertz CT molecular complexity index is 1580. The summed E-state index contributed by atoms with van der Waals surface area (Å²) in [6.07, 6.45) is 4.62. The Morgan fingerprint density at radius 2 is 1.89 bits per heavy atom. The molecule has 194 valence electrons. The molecule has 2 N–H and O–H groups in total. The smallest absolute Gasteiger partial charge is 0.166 e. The van der Waals surface area contributed by atoms with E-state index >= 15 is 0 Å². The van der Waals surface area contributed by atoms with E-state index in [0.717, 1.165) is 49.9 Å². The highest BCUT2D eigenvalue weighted by atomic mass is 16.5. The molecule has 1 saturated heterocycles. The van der Waals surface area contributed by atoms with Crippen molar-refractivity contribution < 1.29 is 14.6 Å². The summed E-state index contributed by atoms with van der Waals surface area (Å²) in [6, 6.07) is 23.5. The molecule has 2 aliphatic heterocycles. The van der Waals surface area contributed by atoms with Crippen LogP contribution in [-0.4, -0.2) is 46.8 Å². The van der Waals surface area contributed by atoms with Crippen LogP contribution in [0.2, 0.25) is 0 Å². The second-order valence-electron chi connectivity index (χ2n) is 12.0. The minimum Gasteiger partial charge on any atom is -0.504 e. The fraction of sp³-hybridized carbons (Fsp3) is 0.394. The number of hydrogen-bond donors (Lipinski definition) is 2. The monoisotopic (exact) mass is 506 g/mol. The highest BCUT2D eigenvalue weighted by Crippen LogP contribution is 2.71. The van der Waals surface area contributed by atoms with E-state index in [1.165, 1.54) is 27.6 Å². The SMILES string of the molecule is CN1CC[C@]23c4c5ccc(O)c4O[C@@]2(C)c2[nH]c4ccccc4c2C[C@@]3(OCCCc2ccccc2)[C@H]1C5. The van der Waals surface area contributed by atoms with Gasteiger partial charge in [0.1, 0.15) is 5.60 Å². The maximum atomic E-state index is 11.1. The van der Waals surface area contributed by atoms with E-state index < -0.39 is 11.2 Å². The first-order valence-corrected chi connectivity index (χ1v) is 14.0. The van der Waals surface area contributed by atoms with Gasteiger partial charge in [-0.1, -0.05) is 54.6 Å². The number of fused-ring (bicyclic) bond motifs is 4. The number of phenols is 1. The number of ether oxygens (including phenoxy) is 2. The van der Waals surface area contributed by atoms with Gasteiger partial charge in [0.25, 0.3) is 0 Å². The van der Waals surface area contributed by atoms with Gasteiger partial charge in [0.2, 0.25) is 0 Å². The average molecular weight is 507 g/mol. The number of para-hydroxylation sites is 1. The fourth-order valence-electron chi connectivity index (χ4n) is 8.78. The predicted molar refractivity (Wildman–Crippen MR) is 148 cm³/mol. The zero-order valence-electron chi connectivity index (χ0n) is 22.1. The van der Waals surface area contributed by atoms with Crippen molar-refractivity contribution in [2.45, 2.75) is 61.7 Å². The van der Waals surface area contributed by atoms with E-state index in [1.54, 1.807) is 0 Å². The second-order valence-corrected chi connectivity index (χ2v) is 12.0. The first-order valence-electron chi connectivity index (χ1n) is 14.0. The Morgan fingerprint density at radius 1 is 1.08 bits per heavy atom. The number of aryl methyl sites for hydroxylation is 1. The third kappa shape index (κ3) is 2.59. The Kier molecular flexibility index (Phi) is 4.56. The summed E-state index contributed by atoms with van der Waals surface area (Å²) in [6.45, 7) is 3.92. The molecule has 0 unspecified atom stereocenters. The van der Waals surface area contributed by atoms with Gasteiger partial charge >= 0.3 is 0 Å². The fourth-order valence-corrected chi connectivity index (χ4v) is 8.78. The number of hydrogen-bond acceptors (Lipinski definition) is 4. The predicted octanol–water partition coefficient (Wildman–Crippen LogP) is 5.62. The standard InChI is InChI=1S/C33H34N2O3/c1-31-30-24(23-12-6-7-13-25(23)34-30)20-33(37-18-8-11-21-9-4-3-5-10-21)27-19-22-14-15-26(36)29(38-31)28(22)32(31,33)16-17-35(27)2/h3-7,9-10,12-15,27,34,36H,8,11,16-20H2,1-2H3/t27-,31+,32+,33-/m1/s1. The molecule has 0 amide bonds. The molecule has 5 heteroatoms. The first kappa shape index (κ1) is 22.7. The molecular weight excluding hydrogens is 472 g/mol. The van der Waals surface area contributed by atoms with E-state index in [9.17, 15) is 5.11 Å². The summed E-state index contributed by atoms with van der Waals surface area (Å²) in [5, 5.41) is 12.3. The maximum absolute atomic E-state index is 11.1. The zero-order chi connectivity index (χ0) is 25.7. The molecule has 4 aromatic rings. The van der Waals surface area contributed by atoms with Gasteiger partial charge in [-0.15, -0.1) is 0 Å². The van der Waals surface area contributed by atoms with E-state index in [1.807, 2.05) is 6.07 Å². The molecule has 5 nitrogen and oxygen atoms in total. The van der Waals surface area contributed by atoms with Gasteiger partial charge in [-0.2, -0.15) is 0 Å². The van der Waals surface area contributed by atoms with Gasteiger partial charge in [0, 0.05) is 35.5 Å². The topological polar surface area (TPSA) is 57.7 Å². The van der Waals surface area contributed by atoms with Gasteiger partial charge in [0.15, 0.2) is 17.1 Å². The third-order valence-corrected chi connectivity index (χ3v) is 10.4. The molecule has 1 fully saturated rings. The van der Waals surface area contributed by atoms with Crippen molar-refractivity contribution >= 4 is 10.9 Å².